The first kappa shape index (κ1) is 38.8. The quantitative estimate of drug-likeness (QED) is 0.134. The summed E-state index contributed by atoms with van der Waals surface area (Å²) in [6.07, 6.45) is -5.88. The molecule has 1 fully saturated rings. The molecule has 0 spiro atoms. The maximum absolute atomic E-state index is 15.1. The number of fused-ring (bicyclic) bond motifs is 1. The van der Waals surface area contributed by atoms with Gasteiger partial charge in [-0.15, -0.1) is 0 Å². The van der Waals surface area contributed by atoms with E-state index in [4.69, 9.17) is 5.73 Å². The number of nitrogens with zero attached hydrogens (tertiary/aromatic N) is 5. The van der Waals surface area contributed by atoms with E-state index in [0.717, 1.165) is 24.3 Å². The molecule has 1 aliphatic heterocycles. The molecule has 2 aromatic heterocycles. The molecular weight excluding hydrogens is 753 g/mol. The smallest absolute Gasteiger partial charge is 0.317 e. The first-order chi connectivity index (χ1) is 25.9. The normalized spacial score (nSPS) is 16.5. The molecule has 0 unspecified atom stereocenters. The van der Waals surface area contributed by atoms with Crippen LogP contribution < -0.4 is 21.7 Å². The maximum Gasteiger partial charge on any atom is 0.317 e. The van der Waals surface area contributed by atoms with E-state index < -0.39 is 102 Å². The van der Waals surface area contributed by atoms with Crippen molar-refractivity contribution >= 4 is 23.8 Å². The molecule has 21 heteroatoms. The molecule has 0 bridgehead atoms. The molecular formula is C34H30F9N9O3. The molecule has 1 aliphatic carbocycles. The predicted molar refractivity (Wildman–Crippen MR) is 175 cm³/mol. The van der Waals surface area contributed by atoms with Gasteiger partial charge in [0.15, 0.2) is 0 Å². The number of urea groups is 1. The van der Waals surface area contributed by atoms with Crippen LogP contribution in [0.25, 0.3) is 11.1 Å². The molecule has 1 saturated heterocycles. The second-order valence-electron chi connectivity index (χ2n) is 12.8. The average Bonchev–Trinajstić information content (AvgIpc) is 3.71. The number of hydrogen-bond donors (Lipinski definition) is 4. The highest BCUT2D eigenvalue weighted by molar-refractivity contribution is 5.94. The summed E-state index contributed by atoms with van der Waals surface area (Å²) < 4.78 is 131. The Morgan fingerprint density at radius 1 is 0.982 bits per heavy atom. The van der Waals surface area contributed by atoms with E-state index in [1.165, 1.54) is 17.2 Å². The maximum atomic E-state index is 15.1. The lowest BCUT2D eigenvalue weighted by atomic mass is 9.89. The zero-order chi connectivity index (χ0) is 39.8. The highest BCUT2D eigenvalue weighted by Crippen LogP contribution is 2.52. The summed E-state index contributed by atoms with van der Waals surface area (Å²) in [5, 5.41) is 11.3. The van der Waals surface area contributed by atoms with Crippen LogP contribution in [-0.2, 0) is 29.6 Å². The molecule has 292 valence electrons. The summed E-state index contributed by atoms with van der Waals surface area (Å²) in [7, 11) is 0. The van der Waals surface area contributed by atoms with Crippen LogP contribution in [-0.4, -0.2) is 68.7 Å². The highest BCUT2D eigenvalue weighted by Gasteiger charge is 2.55. The van der Waals surface area contributed by atoms with Gasteiger partial charge in [0.1, 0.15) is 35.4 Å². The van der Waals surface area contributed by atoms with Crippen LogP contribution in [0, 0.1) is 17.5 Å². The third-order valence-corrected chi connectivity index (χ3v) is 8.94. The SMILES string of the molecule is NC(=O)c1cc(-c2cnc(NCCN3CCNC3=O)nc2[C@H](Cc2cc(F)cc(F)c2)NC(=O)Cn2nc(C(F)F)c3c2C(F)(F)CCC3(F)F)ccc1F. The highest BCUT2D eigenvalue weighted by atomic mass is 19.3. The van der Waals surface area contributed by atoms with Gasteiger partial charge in [-0.05, 0) is 41.8 Å². The first-order valence-electron chi connectivity index (χ1n) is 16.6. The standard InChI is InChI=1S/C34H30F9N9O3/c35-18-9-16(10-19(36)13-18)11-23(48-24(53)15-52-28-25(27(50-52)29(38)39)33(40,41)3-4-34(28,42)43)26-21(17-1-2-22(37)20(12-17)30(44)54)14-47-31(49-26)45-5-7-51-8-6-46-32(51)55/h1-2,9-10,12-14,23,29H,3-8,11,15H2,(H2,44,54)(H,46,55)(H,48,53)(H,45,47,49)/t23-/m0/s1. The van der Waals surface area contributed by atoms with Gasteiger partial charge >= 0.3 is 6.03 Å². The molecule has 2 aromatic carbocycles. The summed E-state index contributed by atoms with van der Waals surface area (Å²) in [5.74, 6) is -13.8. The number of alkyl halides is 6. The van der Waals surface area contributed by atoms with Gasteiger partial charge in [0, 0.05) is 56.8 Å². The van der Waals surface area contributed by atoms with E-state index in [9.17, 15) is 45.1 Å². The van der Waals surface area contributed by atoms with Crippen molar-refractivity contribution in [2.75, 3.05) is 31.5 Å². The number of nitrogens with two attached hydrogens (primary N) is 1. The van der Waals surface area contributed by atoms with E-state index in [0.29, 0.717) is 19.2 Å². The largest absolute Gasteiger partial charge is 0.366 e. The van der Waals surface area contributed by atoms with Crippen LogP contribution in [0.5, 0.6) is 0 Å². The molecule has 6 rings (SSSR count). The van der Waals surface area contributed by atoms with Crippen LogP contribution in [0.15, 0.2) is 42.6 Å². The number of nitrogens with one attached hydrogen (secondary N) is 3. The number of carbonyl (C=O) groups excluding carboxylic acids is 3. The number of carbonyl (C=O) groups is 3. The van der Waals surface area contributed by atoms with Crippen LogP contribution in [0.4, 0.5) is 50.3 Å². The Labute approximate surface area is 305 Å². The number of rotatable bonds is 13. The van der Waals surface area contributed by atoms with Crippen LogP contribution >= 0.6 is 0 Å². The van der Waals surface area contributed by atoms with Crippen LogP contribution in [0.2, 0.25) is 0 Å². The fourth-order valence-corrected chi connectivity index (χ4v) is 6.47. The Hall–Kier alpha value is -5.89. The number of hydrogen-bond acceptors (Lipinski definition) is 7. The van der Waals surface area contributed by atoms with Gasteiger partial charge in [-0.2, -0.15) is 13.9 Å². The van der Waals surface area contributed by atoms with Crippen molar-refractivity contribution < 1.29 is 53.9 Å². The first-order valence-corrected chi connectivity index (χ1v) is 16.6. The van der Waals surface area contributed by atoms with E-state index in [-0.39, 0.29) is 52.1 Å². The third-order valence-electron chi connectivity index (χ3n) is 8.94. The Morgan fingerprint density at radius 3 is 2.35 bits per heavy atom. The summed E-state index contributed by atoms with van der Waals surface area (Å²) in [4.78, 5) is 47.9. The number of amides is 4. The molecule has 3 heterocycles. The molecule has 0 radical (unpaired) electrons. The van der Waals surface area contributed by atoms with Gasteiger partial charge in [-0.3, -0.25) is 14.3 Å². The second-order valence-corrected chi connectivity index (χ2v) is 12.8. The van der Waals surface area contributed by atoms with E-state index in [1.54, 1.807) is 0 Å². The van der Waals surface area contributed by atoms with Crippen molar-refractivity contribution in [3.8, 4) is 11.1 Å². The zero-order valence-electron chi connectivity index (χ0n) is 28.3. The lowest BCUT2D eigenvalue weighted by molar-refractivity contribution is -0.123. The lowest BCUT2D eigenvalue weighted by Gasteiger charge is -2.29. The van der Waals surface area contributed by atoms with Crippen LogP contribution in [0.3, 0.4) is 0 Å². The Morgan fingerprint density at radius 2 is 1.69 bits per heavy atom. The number of anilines is 1. The van der Waals surface area contributed by atoms with Gasteiger partial charge in [0.25, 0.3) is 24.2 Å². The van der Waals surface area contributed by atoms with E-state index >= 15 is 8.78 Å². The molecule has 12 nitrogen and oxygen atoms in total. The number of primary amides is 1. The van der Waals surface area contributed by atoms with Crippen molar-refractivity contribution in [1.82, 2.24) is 35.3 Å². The molecule has 2 aliphatic rings. The monoisotopic (exact) mass is 783 g/mol. The summed E-state index contributed by atoms with van der Waals surface area (Å²) >= 11 is 0. The molecule has 55 heavy (non-hydrogen) atoms. The predicted octanol–water partition coefficient (Wildman–Crippen LogP) is 5.31. The Balaban J connectivity index is 1.42. The summed E-state index contributed by atoms with van der Waals surface area (Å²) in [5.41, 5.74) is -0.282. The molecule has 4 amide bonds. The molecule has 4 aromatic rings. The van der Waals surface area contributed by atoms with Crippen LogP contribution in [0.1, 0.15) is 63.9 Å². The van der Waals surface area contributed by atoms with Gasteiger partial charge in [-0.25, -0.2) is 45.5 Å². The van der Waals surface area contributed by atoms with Crippen molar-refractivity contribution in [2.45, 2.75) is 50.1 Å². The van der Waals surface area contributed by atoms with Gasteiger partial charge < -0.3 is 26.6 Å². The summed E-state index contributed by atoms with van der Waals surface area (Å²) in [6.45, 7) is -0.172. The minimum absolute atomic E-state index is 0.00298. The average molecular weight is 784 g/mol. The number of benzene rings is 2. The molecule has 1 atom stereocenters. The minimum Gasteiger partial charge on any atom is -0.366 e. The second kappa shape index (κ2) is 15.1. The van der Waals surface area contributed by atoms with Crippen molar-refractivity contribution in [1.29, 1.82) is 0 Å². The Bertz CT molecular complexity index is 2130. The number of aromatic nitrogens is 4. The molecule has 0 saturated carbocycles. The van der Waals surface area contributed by atoms with Gasteiger partial charge in [0.05, 0.1) is 22.9 Å². The fourth-order valence-electron chi connectivity index (χ4n) is 6.47. The third kappa shape index (κ3) is 8.29. The fraction of sp³-hybridized carbons (Fsp3) is 0.353. The van der Waals surface area contributed by atoms with Crippen molar-refractivity contribution in [2.24, 2.45) is 5.73 Å². The van der Waals surface area contributed by atoms with Crippen molar-refractivity contribution in [3.05, 3.63) is 93.8 Å². The van der Waals surface area contributed by atoms with Gasteiger partial charge in [-0.1, -0.05) is 6.07 Å². The Kier molecular flexibility index (Phi) is 10.7. The topological polar surface area (TPSA) is 160 Å². The lowest BCUT2D eigenvalue weighted by Crippen LogP contribution is -2.37. The molecule has 5 N–H and O–H groups in total. The minimum atomic E-state index is -4.11. The summed E-state index contributed by atoms with van der Waals surface area (Å²) in [6, 6.07) is 3.73. The number of halogens is 9. The van der Waals surface area contributed by atoms with Gasteiger partial charge in [0.2, 0.25) is 11.9 Å². The zero-order valence-corrected chi connectivity index (χ0v) is 28.3. The van der Waals surface area contributed by atoms with E-state index in [2.05, 4.69) is 31.0 Å². The van der Waals surface area contributed by atoms with Crippen molar-refractivity contribution in [3.63, 3.8) is 0 Å². The van der Waals surface area contributed by atoms with E-state index in [1.807, 2.05) is 0 Å².